The van der Waals surface area contributed by atoms with E-state index in [1.807, 2.05) is 37.3 Å². The molecular weight excluding hydrogens is 408 g/mol. The molecule has 0 saturated carbocycles. The van der Waals surface area contributed by atoms with Crippen molar-refractivity contribution >= 4 is 23.0 Å². The van der Waals surface area contributed by atoms with E-state index < -0.39 is 6.43 Å². The third kappa shape index (κ3) is 3.53. The van der Waals surface area contributed by atoms with Gasteiger partial charge in [-0.15, -0.1) is 0 Å². The smallest absolute Gasteiger partial charge is 0.264 e. The maximum absolute atomic E-state index is 14.1. The SMILES string of the molecule is Cc1ccc(-c2cc3c(cc2C(F)F)N(c2ccc4c(c2)N(C)C(=O)CC4)CCC3)cn1. The number of carbonyl (C=O) groups excluding carboxylic acids is 1. The lowest BCUT2D eigenvalue weighted by Gasteiger charge is -2.34. The monoisotopic (exact) mass is 433 g/mol. The first kappa shape index (κ1) is 20.6. The second kappa shape index (κ2) is 8.01. The van der Waals surface area contributed by atoms with Gasteiger partial charge in [0, 0.05) is 60.1 Å². The molecule has 32 heavy (non-hydrogen) atoms. The summed E-state index contributed by atoms with van der Waals surface area (Å²) < 4.78 is 28.3. The molecule has 5 rings (SSSR count). The quantitative estimate of drug-likeness (QED) is 0.509. The highest BCUT2D eigenvalue weighted by atomic mass is 19.3. The Morgan fingerprint density at radius 1 is 0.969 bits per heavy atom. The molecule has 6 heteroatoms. The van der Waals surface area contributed by atoms with Crippen molar-refractivity contribution in [3.63, 3.8) is 0 Å². The molecule has 0 unspecified atom stereocenters. The molecule has 4 nitrogen and oxygen atoms in total. The van der Waals surface area contributed by atoms with Crippen LogP contribution in [-0.4, -0.2) is 24.5 Å². The highest BCUT2D eigenvalue weighted by Crippen LogP contribution is 2.42. The van der Waals surface area contributed by atoms with Crippen LogP contribution in [0, 0.1) is 6.92 Å². The van der Waals surface area contributed by atoms with Gasteiger partial charge in [0.25, 0.3) is 6.43 Å². The topological polar surface area (TPSA) is 36.4 Å². The largest absolute Gasteiger partial charge is 0.341 e. The molecule has 164 valence electrons. The fourth-order valence-corrected chi connectivity index (χ4v) is 4.76. The predicted octanol–water partition coefficient (Wildman–Crippen LogP) is 5.99. The summed E-state index contributed by atoms with van der Waals surface area (Å²) in [5.41, 5.74) is 6.98. The molecule has 0 saturated heterocycles. The number of aromatic nitrogens is 1. The first-order valence-corrected chi connectivity index (χ1v) is 11.0. The van der Waals surface area contributed by atoms with Crippen molar-refractivity contribution < 1.29 is 13.6 Å². The van der Waals surface area contributed by atoms with Crippen molar-refractivity contribution in [1.29, 1.82) is 0 Å². The fourth-order valence-electron chi connectivity index (χ4n) is 4.76. The van der Waals surface area contributed by atoms with Crippen LogP contribution in [0.3, 0.4) is 0 Å². The molecule has 2 aliphatic heterocycles. The maximum Gasteiger partial charge on any atom is 0.264 e. The molecular formula is C26H25F2N3O. The predicted molar refractivity (Wildman–Crippen MR) is 123 cm³/mol. The lowest BCUT2D eigenvalue weighted by molar-refractivity contribution is -0.118. The Hall–Kier alpha value is -3.28. The van der Waals surface area contributed by atoms with Gasteiger partial charge in [0.1, 0.15) is 0 Å². The van der Waals surface area contributed by atoms with Crippen molar-refractivity contribution in [3.8, 4) is 11.1 Å². The van der Waals surface area contributed by atoms with E-state index in [1.165, 1.54) is 0 Å². The Morgan fingerprint density at radius 2 is 1.81 bits per heavy atom. The van der Waals surface area contributed by atoms with Gasteiger partial charge in [-0.2, -0.15) is 0 Å². The molecule has 2 aliphatic rings. The van der Waals surface area contributed by atoms with E-state index in [2.05, 4.69) is 16.0 Å². The van der Waals surface area contributed by atoms with E-state index in [-0.39, 0.29) is 11.5 Å². The number of nitrogens with zero attached hydrogens (tertiary/aromatic N) is 3. The second-order valence-electron chi connectivity index (χ2n) is 8.58. The third-order valence-corrected chi connectivity index (χ3v) is 6.55. The lowest BCUT2D eigenvalue weighted by atomic mass is 9.92. The zero-order valence-electron chi connectivity index (χ0n) is 18.2. The van der Waals surface area contributed by atoms with Crippen LogP contribution < -0.4 is 9.80 Å². The van der Waals surface area contributed by atoms with E-state index in [9.17, 15) is 13.6 Å². The standard InChI is InChI=1S/C26H25F2N3O/c1-16-5-6-19(15-29-16)21-12-18-4-3-11-31(24(18)14-22(21)26(27)28)20-9-7-17-8-10-25(32)30(2)23(17)13-20/h5-7,9,12-15,26H,3-4,8,10-11H2,1-2H3. The zero-order chi connectivity index (χ0) is 22.4. The van der Waals surface area contributed by atoms with Crippen LogP contribution in [0.15, 0.2) is 48.7 Å². The number of fused-ring (bicyclic) bond motifs is 2. The minimum atomic E-state index is -2.59. The van der Waals surface area contributed by atoms with Gasteiger partial charge in [0.05, 0.1) is 0 Å². The number of rotatable bonds is 3. The van der Waals surface area contributed by atoms with Gasteiger partial charge < -0.3 is 9.80 Å². The number of benzene rings is 2. The lowest BCUT2D eigenvalue weighted by Crippen LogP contribution is -2.31. The van der Waals surface area contributed by atoms with Crippen molar-refractivity contribution in [2.24, 2.45) is 0 Å². The Labute approximate surface area is 186 Å². The average Bonchev–Trinajstić information content (AvgIpc) is 2.80. The van der Waals surface area contributed by atoms with Crippen molar-refractivity contribution in [3.05, 3.63) is 71.0 Å². The van der Waals surface area contributed by atoms with Crippen molar-refractivity contribution in [1.82, 2.24) is 4.98 Å². The zero-order valence-corrected chi connectivity index (χ0v) is 18.2. The number of anilines is 3. The van der Waals surface area contributed by atoms with Gasteiger partial charge in [0.2, 0.25) is 5.91 Å². The summed E-state index contributed by atoms with van der Waals surface area (Å²) in [6.45, 7) is 2.63. The van der Waals surface area contributed by atoms with Crippen LogP contribution in [0.5, 0.6) is 0 Å². The van der Waals surface area contributed by atoms with Crippen LogP contribution in [-0.2, 0) is 17.6 Å². The van der Waals surface area contributed by atoms with Gasteiger partial charge in [0.15, 0.2) is 0 Å². The summed E-state index contributed by atoms with van der Waals surface area (Å²) in [5.74, 6) is 0.102. The number of hydrogen-bond acceptors (Lipinski definition) is 3. The molecule has 0 N–H and O–H groups in total. The molecule has 0 bridgehead atoms. The highest BCUT2D eigenvalue weighted by molar-refractivity contribution is 5.96. The summed E-state index contributed by atoms with van der Waals surface area (Å²) in [7, 11) is 1.80. The first-order valence-electron chi connectivity index (χ1n) is 11.0. The second-order valence-corrected chi connectivity index (χ2v) is 8.58. The molecule has 0 spiro atoms. The number of halogens is 2. The molecule has 0 atom stereocenters. The van der Waals surface area contributed by atoms with E-state index >= 15 is 0 Å². The van der Waals surface area contributed by atoms with Crippen LogP contribution in [0.25, 0.3) is 11.1 Å². The molecule has 0 radical (unpaired) electrons. The van der Waals surface area contributed by atoms with Crippen molar-refractivity contribution in [2.45, 2.75) is 39.0 Å². The van der Waals surface area contributed by atoms with E-state index in [0.717, 1.165) is 59.7 Å². The summed E-state index contributed by atoms with van der Waals surface area (Å²) in [6, 6.07) is 13.4. The normalized spacial score (nSPS) is 15.7. The van der Waals surface area contributed by atoms with Gasteiger partial charge in [-0.1, -0.05) is 12.1 Å². The summed E-state index contributed by atoms with van der Waals surface area (Å²) >= 11 is 0. The number of carbonyl (C=O) groups is 1. The third-order valence-electron chi connectivity index (χ3n) is 6.55. The van der Waals surface area contributed by atoms with E-state index in [4.69, 9.17) is 0 Å². The van der Waals surface area contributed by atoms with E-state index in [0.29, 0.717) is 17.5 Å². The van der Waals surface area contributed by atoms with Gasteiger partial charge in [-0.25, -0.2) is 8.78 Å². The van der Waals surface area contributed by atoms with Gasteiger partial charge in [-0.05, 0) is 73.2 Å². The average molecular weight is 434 g/mol. The molecule has 0 aliphatic carbocycles. The number of alkyl halides is 2. The molecule has 1 amide bonds. The summed E-state index contributed by atoms with van der Waals surface area (Å²) in [6.07, 6.45) is 2.10. The maximum atomic E-state index is 14.1. The summed E-state index contributed by atoms with van der Waals surface area (Å²) in [5, 5.41) is 0. The Bertz CT molecular complexity index is 1190. The fraction of sp³-hybridized carbons (Fsp3) is 0.308. The molecule has 2 aromatic carbocycles. The number of pyridine rings is 1. The van der Waals surface area contributed by atoms with Crippen LogP contribution in [0.4, 0.5) is 25.8 Å². The van der Waals surface area contributed by atoms with Crippen LogP contribution in [0.1, 0.15) is 41.7 Å². The number of aryl methyl sites for hydroxylation is 3. The van der Waals surface area contributed by atoms with E-state index in [1.54, 1.807) is 24.2 Å². The molecule has 0 fully saturated rings. The minimum absolute atomic E-state index is 0.0200. The Kier molecular flexibility index (Phi) is 5.16. The van der Waals surface area contributed by atoms with Gasteiger partial charge in [-0.3, -0.25) is 9.78 Å². The molecule has 1 aromatic heterocycles. The van der Waals surface area contributed by atoms with Gasteiger partial charge >= 0.3 is 0 Å². The number of amides is 1. The van der Waals surface area contributed by atoms with Crippen molar-refractivity contribution in [2.75, 3.05) is 23.4 Å². The first-order chi connectivity index (χ1) is 15.4. The minimum Gasteiger partial charge on any atom is -0.341 e. The molecule has 3 heterocycles. The Morgan fingerprint density at radius 3 is 2.56 bits per heavy atom. The highest BCUT2D eigenvalue weighted by Gasteiger charge is 2.26. The Balaban J connectivity index is 1.60. The van der Waals surface area contributed by atoms with Crippen LogP contribution in [0.2, 0.25) is 0 Å². The summed E-state index contributed by atoms with van der Waals surface area (Å²) in [4.78, 5) is 20.3. The molecule has 3 aromatic rings. The van der Waals surface area contributed by atoms with Crippen LogP contribution >= 0.6 is 0 Å². The number of hydrogen-bond donors (Lipinski definition) is 0.